The molecule has 0 spiro atoms. The van der Waals surface area contributed by atoms with Gasteiger partial charge in [-0.25, -0.2) is 0 Å². The first-order chi connectivity index (χ1) is 30.9. The highest BCUT2D eigenvalue weighted by molar-refractivity contribution is 5.68. The van der Waals surface area contributed by atoms with Gasteiger partial charge in [-0.3, -0.25) is 19.2 Å². The van der Waals surface area contributed by atoms with Gasteiger partial charge in [-0.15, -0.1) is 0 Å². The van der Waals surface area contributed by atoms with Crippen LogP contribution in [0.2, 0.25) is 0 Å². The zero-order valence-electron chi connectivity index (χ0n) is 36.6. The van der Waals surface area contributed by atoms with E-state index < -0.39 is 91.4 Å². The van der Waals surface area contributed by atoms with Gasteiger partial charge in [-0.05, 0) is 29.2 Å². The monoisotopic (exact) mass is 884 g/mol. The van der Waals surface area contributed by atoms with Gasteiger partial charge in [0.2, 0.25) is 6.29 Å². The SMILES string of the molecule is CC(=O)OC[C@H]1O[C@@H](O[C@@]2(C)O[C@H](COCc3ccccc3)[C@@H](OCc3ccccc3)[C@H](OCc3ccccc3)[C@H]2OCc2ccccc2)[C@H](OC(C)=O)[C@@H](OC(C)=O)[C@@H]1OC(C)=O. The molecule has 0 amide bonds. The molecule has 64 heavy (non-hydrogen) atoms. The highest BCUT2D eigenvalue weighted by Gasteiger charge is 2.60. The van der Waals surface area contributed by atoms with Crippen molar-refractivity contribution in [3.8, 4) is 0 Å². The summed E-state index contributed by atoms with van der Waals surface area (Å²) in [5.41, 5.74) is 3.53. The van der Waals surface area contributed by atoms with E-state index in [9.17, 15) is 19.2 Å². The highest BCUT2D eigenvalue weighted by atomic mass is 16.8. The summed E-state index contributed by atoms with van der Waals surface area (Å²) in [5, 5.41) is 0. The zero-order valence-corrected chi connectivity index (χ0v) is 36.6. The molecule has 0 bridgehead atoms. The summed E-state index contributed by atoms with van der Waals surface area (Å²) in [6.45, 7) is 6.42. The molecule has 0 radical (unpaired) electrons. The second-order valence-electron chi connectivity index (χ2n) is 15.6. The van der Waals surface area contributed by atoms with Gasteiger partial charge in [0.1, 0.15) is 37.1 Å². The molecule has 0 unspecified atom stereocenters. The Kier molecular flexibility index (Phi) is 17.5. The summed E-state index contributed by atoms with van der Waals surface area (Å²) in [6, 6.07) is 38.4. The van der Waals surface area contributed by atoms with Crippen molar-refractivity contribution < 1.29 is 71.3 Å². The van der Waals surface area contributed by atoms with E-state index >= 15 is 0 Å². The fourth-order valence-electron chi connectivity index (χ4n) is 7.65. The van der Waals surface area contributed by atoms with Crippen LogP contribution in [0.25, 0.3) is 0 Å². The summed E-state index contributed by atoms with van der Waals surface area (Å²) in [4.78, 5) is 50.1. The Balaban J connectivity index is 1.45. The average Bonchev–Trinajstić information content (AvgIpc) is 3.27. The van der Waals surface area contributed by atoms with E-state index in [0.717, 1.165) is 43.0 Å². The van der Waals surface area contributed by atoms with Gasteiger partial charge in [0.15, 0.2) is 24.1 Å². The fraction of sp³-hybridized carbons (Fsp3) is 0.429. The van der Waals surface area contributed by atoms with Crippen LogP contribution in [-0.2, 0) is 97.7 Å². The van der Waals surface area contributed by atoms with Crippen LogP contribution in [-0.4, -0.2) is 98.0 Å². The predicted octanol–water partition coefficient (Wildman–Crippen LogP) is 6.17. The van der Waals surface area contributed by atoms with E-state index in [-0.39, 0.29) is 33.0 Å². The van der Waals surface area contributed by atoms with Crippen molar-refractivity contribution in [2.24, 2.45) is 0 Å². The van der Waals surface area contributed by atoms with Crippen molar-refractivity contribution in [3.05, 3.63) is 144 Å². The van der Waals surface area contributed by atoms with E-state index in [1.54, 1.807) is 6.92 Å². The van der Waals surface area contributed by atoms with Crippen molar-refractivity contribution in [1.29, 1.82) is 0 Å². The van der Waals surface area contributed by atoms with Crippen LogP contribution < -0.4 is 0 Å². The first kappa shape index (κ1) is 47.9. The van der Waals surface area contributed by atoms with E-state index in [4.69, 9.17) is 52.1 Å². The van der Waals surface area contributed by atoms with E-state index in [2.05, 4.69) is 0 Å². The van der Waals surface area contributed by atoms with Crippen LogP contribution in [0.15, 0.2) is 121 Å². The molecule has 0 N–H and O–H groups in total. The second-order valence-corrected chi connectivity index (χ2v) is 15.6. The molecule has 0 aliphatic carbocycles. The summed E-state index contributed by atoms with van der Waals surface area (Å²) < 4.78 is 69.7. The van der Waals surface area contributed by atoms with E-state index in [1.165, 1.54) is 6.92 Å². The fourth-order valence-corrected chi connectivity index (χ4v) is 7.65. The van der Waals surface area contributed by atoms with Crippen LogP contribution in [0.3, 0.4) is 0 Å². The van der Waals surface area contributed by atoms with Gasteiger partial charge in [-0.2, -0.15) is 0 Å². The normalized spacial score (nSPS) is 26.6. The Morgan fingerprint density at radius 2 is 0.922 bits per heavy atom. The highest BCUT2D eigenvalue weighted by Crippen LogP contribution is 2.41. The largest absolute Gasteiger partial charge is 0.463 e. The number of benzene rings is 4. The first-order valence-corrected chi connectivity index (χ1v) is 21.1. The Morgan fingerprint density at radius 3 is 1.41 bits per heavy atom. The van der Waals surface area contributed by atoms with E-state index in [1.807, 2.05) is 121 Å². The van der Waals surface area contributed by atoms with Crippen LogP contribution in [0.1, 0.15) is 56.9 Å². The average molecular weight is 885 g/mol. The number of hydrogen-bond acceptors (Lipinski definition) is 15. The zero-order chi connectivity index (χ0) is 45.5. The molecule has 4 aromatic carbocycles. The Morgan fingerprint density at radius 1 is 0.484 bits per heavy atom. The minimum Gasteiger partial charge on any atom is -0.463 e. The molecule has 2 heterocycles. The molecule has 4 aromatic rings. The van der Waals surface area contributed by atoms with Crippen molar-refractivity contribution >= 4 is 23.9 Å². The molecule has 0 saturated carbocycles. The summed E-state index contributed by atoms with van der Waals surface area (Å²) in [6.07, 6.45) is -11.2. The van der Waals surface area contributed by atoms with Crippen LogP contribution >= 0.6 is 0 Å². The van der Waals surface area contributed by atoms with Crippen molar-refractivity contribution in [2.45, 2.75) is 122 Å². The second kappa shape index (κ2) is 23.4. The summed E-state index contributed by atoms with van der Waals surface area (Å²) in [5.74, 6) is -4.89. The standard InChI is InChI=1S/C49H56O15/c1-32(50)55-31-40-43(59-33(2)51)44(60-34(3)52)46(61-35(4)53)48(62-40)64-49(5)47(58-29-39-24-16-9-17-25-39)45(57-28-38-22-14-8-15-23-38)42(56-27-37-20-12-7-13-21-37)41(63-49)30-54-26-36-18-10-6-11-19-36/h6-25,40-48H,26-31H2,1-5H3/t40-,41-,42-,43-,44+,45+,46-,47-,48+,49-/m1/s1. The third kappa shape index (κ3) is 13.7. The van der Waals surface area contributed by atoms with Crippen LogP contribution in [0, 0.1) is 0 Å². The third-order valence-corrected chi connectivity index (χ3v) is 10.4. The van der Waals surface area contributed by atoms with Gasteiger partial charge >= 0.3 is 23.9 Å². The number of carbonyl (C=O) groups is 4. The number of carbonyl (C=O) groups excluding carboxylic acids is 4. The van der Waals surface area contributed by atoms with Crippen molar-refractivity contribution in [1.82, 2.24) is 0 Å². The molecule has 15 nitrogen and oxygen atoms in total. The molecule has 10 atom stereocenters. The molecular formula is C49H56O15. The maximum Gasteiger partial charge on any atom is 0.303 e. The van der Waals surface area contributed by atoms with Crippen LogP contribution in [0.4, 0.5) is 0 Å². The molecule has 15 heteroatoms. The lowest BCUT2D eigenvalue weighted by molar-refractivity contribution is -0.426. The number of hydrogen-bond donors (Lipinski definition) is 0. The first-order valence-electron chi connectivity index (χ1n) is 21.1. The van der Waals surface area contributed by atoms with Crippen LogP contribution in [0.5, 0.6) is 0 Å². The van der Waals surface area contributed by atoms with E-state index in [0.29, 0.717) is 0 Å². The third-order valence-electron chi connectivity index (χ3n) is 10.4. The number of rotatable bonds is 20. The lowest BCUT2D eigenvalue weighted by Crippen LogP contribution is -2.70. The maximum atomic E-state index is 12.8. The quantitative estimate of drug-likeness (QED) is 0.0729. The molecule has 2 aliphatic heterocycles. The summed E-state index contributed by atoms with van der Waals surface area (Å²) in [7, 11) is 0. The molecular weight excluding hydrogens is 829 g/mol. The Hall–Kier alpha value is -5.52. The molecule has 342 valence electrons. The smallest absolute Gasteiger partial charge is 0.303 e. The molecule has 6 rings (SSSR count). The van der Waals surface area contributed by atoms with Crippen molar-refractivity contribution in [2.75, 3.05) is 13.2 Å². The van der Waals surface area contributed by atoms with Gasteiger partial charge < -0.3 is 52.1 Å². The minimum atomic E-state index is -1.87. The minimum absolute atomic E-state index is 0.0114. The van der Waals surface area contributed by atoms with Gasteiger partial charge in [0, 0.05) is 27.7 Å². The number of esters is 4. The van der Waals surface area contributed by atoms with Gasteiger partial charge in [-0.1, -0.05) is 121 Å². The maximum absolute atomic E-state index is 12.8. The lowest BCUT2D eigenvalue weighted by atomic mass is 9.91. The Bertz CT molecular complexity index is 2070. The molecule has 2 saturated heterocycles. The predicted molar refractivity (Wildman–Crippen MR) is 227 cm³/mol. The molecule has 2 aliphatic rings. The molecule has 0 aromatic heterocycles. The van der Waals surface area contributed by atoms with Crippen molar-refractivity contribution in [3.63, 3.8) is 0 Å². The summed E-state index contributed by atoms with van der Waals surface area (Å²) >= 11 is 0. The Labute approximate surface area is 373 Å². The van der Waals surface area contributed by atoms with Gasteiger partial charge in [0.25, 0.3) is 0 Å². The topological polar surface area (TPSA) is 170 Å². The number of ether oxygens (including phenoxy) is 11. The lowest BCUT2D eigenvalue weighted by Gasteiger charge is -2.53. The molecule has 2 fully saturated rings. The van der Waals surface area contributed by atoms with Gasteiger partial charge in [0.05, 0.1) is 33.0 Å².